The summed E-state index contributed by atoms with van der Waals surface area (Å²) in [5.74, 6) is 0.917. The molecule has 2 rings (SSSR count). The number of nitrogens with one attached hydrogen (secondary N) is 1. The Labute approximate surface area is 107 Å². The highest BCUT2D eigenvalue weighted by Gasteiger charge is 2.33. The first-order chi connectivity index (χ1) is 7.93. The van der Waals surface area contributed by atoms with Crippen molar-refractivity contribution in [1.29, 1.82) is 0 Å². The highest BCUT2D eigenvalue weighted by Crippen LogP contribution is 2.24. The first-order valence-corrected chi connectivity index (χ1v) is 6.42. The fraction of sp³-hybridized carbons (Fsp3) is 0.818. The number of nitrogens with zero attached hydrogens (tertiary/aromatic N) is 3. The molecule has 5 nitrogen and oxygen atoms in total. The van der Waals surface area contributed by atoms with Crippen LogP contribution in [0, 0.1) is 4.77 Å². The summed E-state index contributed by atoms with van der Waals surface area (Å²) in [5, 5.41) is 7.19. The molecule has 17 heavy (non-hydrogen) atoms. The summed E-state index contributed by atoms with van der Waals surface area (Å²) in [6.45, 7) is 10.9. The summed E-state index contributed by atoms with van der Waals surface area (Å²) >= 11 is 5.21. The highest BCUT2D eigenvalue weighted by atomic mass is 32.1. The molecular weight excluding hydrogens is 236 g/mol. The van der Waals surface area contributed by atoms with Gasteiger partial charge in [0.1, 0.15) is 0 Å². The van der Waals surface area contributed by atoms with Crippen molar-refractivity contribution in [3.63, 3.8) is 0 Å². The van der Waals surface area contributed by atoms with Crippen LogP contribution in [0.15, 0.2) is 0 Å². The molecule has 1 aromatic heterocycles. The molecule has 1 atom stereocenters. The van der Waals surface area contributed by atoms with E-state index in [-0.39, 0.29) is 11.7 Å². The Kier molecular flexibility index (Phi) is 3.27. The molecule has 1 N–H and O–H groups in total. The molecule has 6 heteroatoms. The molecule has 2 heterocycles. The van der Waals surface area contributed by atoms with Crippen LogP contribution in [0.1, 0.15) is 27.7 Å². The van der Waals surface area contributed by atoms with Gasteiger partial charge in [0.05, 0.1) is 11.7 Å². The number of morpholine rings is 1. The average Bonchev–Trinajstić information content (AvgIpc) is 2.56. The van der Waals surface area contributed by atoms with E-state index in [1.54, 1.807) is 0 Å². The second-order valence-electron chi connectivity index (χ2n) is 5.14. The first-order valence-electron chi connectivity index (χ1n) is 6.01. The highest BCUT2D eigenvalue weighted by molar-refractivity contribution is 7.71. The van der Waals surface area contributed by atoms with Gasteiger partial charge in [-0.15, -0.1) is 5.10 Å². The Morgan fingerprint density at radius 1 is 1.59 bits per heavy atom. The van der Waals surface area contributed by atoms with Crippen molar-refractivity contribution < 1.29 is 4.74 Å². The quantitative estimate of drug-likeness (QED) is 0.822. The largest absolute Gasteiger partial charge is 0.369 e. The van der Waals surface area contributed by atoms with E-state index >= 15 is 0 Å². The Morgan fingerprint density at radius 3 is 2.88 bits per heavy atom. The zero-order valence-corrected chi connectivity index (χ0v) is 11.7. The fourth-order valence-electron chi connectivity index (χ4n) is 2.44. The number of hydrogen-bond acceptors (Lipinski definition) is 4. The molecule has 0 bridgehead atoms. The minimum absolute atomic E-state index is 0.149. The van der Waals surface area contributed by atoms with Gasteiger partial charge in [-0.1, -0.05) is 0 Å². The summed E-state index contributed by atoms with van der Waals surface area (Å²) < 4.78 is 8.59. The number of H-pyrrole nitrogens is 1. The maximum atomic E-state index is 5.89. The van der Waals surface area contributed by atoms with Gasteiger partial charge in [0, 0.05) is 19.6 Å². The molecule has 1 aliphatic rings. The Morgan fingerprint density at radius 2 is 2.29 bits per heavy atom. The van der Waals surface area contributed by atoms with Gasteiger partial charge in [-0.05, 0) is 39.9 Å². The van der Waals surface area contributed by atoms with Crippen LogP contribution in [0.3, 0.4) is 0 Å². The average molecular weight is 256 g/mol. The third kappa shape index (κ3) is 2.52. The Balaban J connectivity index is 2.30. The first kappa shape index (κ1) is 12.6. The molecule has 96 valence electrons. The molecule has 1 fully saturated rings. The molecular formula is C11H20N4OS. The lowest BCUT2D eigenvalue weighted by Gasteiger charge is -2.41. The van der Waals surface area contributed by atoms with Crippen molar-refractivity contribution in [2.75, 3.05) is 18.0 Å². The van der Waals surface area contributed by atoms with Gasteiger partial charge in [-0.3, -0.25) is 4.57 Å². The van der Waals surface area contributed by atoms with Gasteiger partial charge in [0.25, 0.3) is 0 Å². The standard InChI is InChI=1S/C11H20N4OS/c1-5-15-9(12-13-10(15)17)14-6-8(2)16-11(3,4)7-14/h8H,5-7H2,1-4H3,(H,13,17). The van der Waals surface area contributed by atoms with Gasteiger partial charge in [-0.2, -0.15) is 0 Å². The van der Waals surface area contributed by atoms with Gasteiger partial charge in [0.15, 0.2) is 4.77 Å². The van der Waals surface area contributed by atoms with Crippen LogP contribution in [-0.2, 0) is 11.3 Å². The van der Waals surface area contributed by atoms with Crippen LogP contribution in [0.25, 0.3) is 0 Å². The second kappa shape index (κ2) is 4.42. The minimum Gasteiger partial charge on any atom is -0.369 e. The van der Waals surface area contributed by atoms with Crippen LogP contribution in [-0.4, -0.2) is 39.6 Å². The van der Waals surface area contributed by atoms with E-state index in [1.807, 2.05) is 4.57 Å². The van der Waals surface area contributed by atoms with E-state index in [2.05, 4.69) is 42.8 Å². The summed E-state index contributed by atoms with van der Waals surface area (Å²) in [4.78, 5) is 2.24. The van der Waals surface area contributed by atoms with Crippen LogP contribution in [0.5, 0.6) is 0 Å². The van der Waals surface area contributed by atoms with E-state index in [0.29, 0.717) is 4.77 Å². The number of ether oxygens (including phenoxy) is 1. The van der Waals surface area contributed by atoms with Crippen LogP contribution in [0.2, 0.25) is 0 Å². The lowest BCUT2D eigenvalue weighted by atomic mass is 10.1. The maximum absolute atomic E-state index is 5.89. The van der Waals surface area contributed by atoms with Crippen molar-refractivity contribution in [1.82, 2.24) is 14.8 Å². The SMILES string of the molecule is CCn1c(N2CC(C)OC(C)(C)C2)n[nH]c1=S. The van der Waals surface area contributed by atoms with Crippen molar-refractivity contribution >= 4 is 18.2 Å². The molecule has 0 radical (unpaired) electrons. The van der Waals surface area contributed by atoms with Crippen LogP contribution >= 0.6 is 12.2 Å². The smallest absolute Gasteiger partial charge is 0.225 e. The molecule has 0 spiro atoms. The van der Waals surface area contributed by atoms with E-state index < -0.39 is 0 Å². The predicted molar refractivity (Wildman–Crippen MR) is 69.9 cm³/mol. The number of aromatic nitrogens is 3. The van der Waals surface area contributed by atoms with E-state index in [0.717, 1.165) is 25.6 Å². The maximum Gasteiger partial charge on any atom is 0.225 e. The van der Waals surface area contributed by atoms with E-state index in [9.17, 15) is 0 Å². The molecule has 1 unspecified atom stereocenters. The number of hydrogen-bond donors (Lipinski definition) is 1. The zero-order valence-electron chi connectivity index (χ0n) is 10.9. The molecule has 1 saturated heterocycles. The lowest BCUT2D eigenvalue weighted by molar-refractivity contribution is -0.0755. The number of aromatic amines is 1. The molecule has 0 amide bonds. The van der Waals surface area contributed by atoms with E-state index in [1.165, 1.54) is 0 Å². The summed E-state index contributed by atoms with van der Waals surface area (Å²) in [7, 11) is 0. The minimum atomic E-state index is -0.149. The van der Waals surface area contributed by atoms with Crippen molar-refractivity contribution in [2.45, 2.75) is 45.9 Å². The third-order valence-electron chi connectivity index (χ3n) is 2.91. The van der Waals surface area contributed by atoms with Gasteiger partial charge >= 0.3 is 0 Å². The number of anilines is 1. The summed E-state index contributed by atoms with van der Waals surface area (Å²) in [6, 6.07) is 0. The van der Waals surface area contributed by atoms with Crippen molar-refractivity contribution in [3.05, 3.63) is 4.77 Å². The molecule has 1 aliphatic heterocycles. The van der Waals surface area contributed by atoms with Crippen molar-refractivity contribution in [2.24, 2.45) is 0 Å². The van der Waals surface area contributed by atoms with Gasteiger partial charge in [-0.25, -0.2) is 5.10 Å². The number of rotatable bonds is 2. The van der Waals surface area contributed by atoms with Gasteiger partial charge in [0.2, 0.25) is 5.95 Å². The molecule has 0 aromatic carbocycles. The van der Waals surface area contributed by atoms with Gasteiger partial charge < -0.3 is 9.64 Å². The normalized spacial score (nSPS) is 24.0. The Hall–Kier alpha value is -0.880. The topological polar surface area (TPSA) is 46.1 Å². The third-order valence-corrected chi connectivity index (χ3v) is 3.22. The fourth-order valence-corrected chi connectivity index (χ4v) is 2.70. The second-order valence-corrected chi connectivity index (χ2v) is 5.53. The zero-order chi connectivity index (χ0) is 12.6. The van der Waals surface area contributed by atoms with Crippen LogP contribution in [0.4, 0.5) is 5.95 Å². The monoisotopic (exact) mass is 256 g/mol. The van der Waals surface area contributed by atoms with E-state index in [4.69, 9.17) is 17.0 Å². The lowest BCUT2D eigenvalue weighted by Crippen LogP contribution is -2.52. The van der Waals surface area contributed by atoms with Crippen LogP contribution < -0.4 is 4.90 Å². The Bertz CT molecular complexity index is 451. The van der Waals surface area contributed by atoms with Crippen molar-refractivity contribution in [3.8, 4) is 0 Å². The summed E-state index contributed by atoms with van der Waals surface area (Å²) in [6.07, 6.45) is 0.203. The molecule has 0 aliphatic carbocycles. The summed E-state index contributed by atoms with van der Waals surface area (Å²) in [5.41, 5.74) is -0.149. The predicted octanol–water partition coefficient (Wildman–Crippen LogP) is 1.96. The molecule has 0 saturated carbocycles. The molecule has 1 aromatic rings.